The molecule has 0 spiro atoms. The number of carbonyl (C=O) groups excluding carboxylic acids is 1. The van der Waals surface area contributed by atoms with E-state index in [4.69, 9.17) is 16.6 Å². The van der Waals surface area contributed by atoms with Crippen molar-refractivity contribution >= 4 is 50.1 Å². The molecule has 1 aromatic heterocycles. The summed E-state index contributed by atoms with van der Waals surface area (Å²) in [7, 11) is -3.12. The number of hydrogen-bond acceptors (Lipinski definition) is 6. The highest BCUT2D eigenvalue weighted by Gasteiger charge is 2.42. The Morgan fingerprint density at radius 1 is 1.30 bits per heavy atom. The average molecular weight is 424 g/mol. The van der Waals surface area contributed by atoms with Crippen molar-refractivity contribution in [2.24, 2.45) is 0 Å². The topological polar surface area (TPSA) is 67.6 Å². The van der Waals surface area contributed by atoms with Gasteiger partial charge in [0.05, 0.1) is 22.5 Å². The number of carbonyl (C=O) groups is 1. The number of rotatable bonds is 3. The Bertz CT molecular complexity index is 1070. The molecule has 2 aliphatic heterocycles. The zero-order valence-electron chi connectivity index (χ0n) is 13.9. The molecule has 2 fully saturated rings. The van der Waals surface area contributed by atoms with Crippen LogP contribution < -0.4 is 0 Å². The highest BCUT2D eigenvalue weighted by atomic mass is 32.2. The lowest BCUT2D eigenvalue weighted by atomic mass is 10.2. The van der Waals surface area contributed by atoms with Crippen LogP contribution in [-0.4, -0.2) is 41.1 Å². The number of amides is 1. The summed E-state index contributed by atoms with van der Waals surface area (Å²) in [6, 6.07) is 9.01. The predicted octanol–water partition coefficient (Wildman–Crippen LogP) is 3.47. The van der Waals surface area contributed by atoms with Crippen LogP contribution in [0.15, 0.2) is 45.7 Å². The number of sulfone groups is 1. The molecule has 1 aromatic carbocycles. The van der Waals surface area contributed by atoms with Crippen LogP contribution in [0.4, 0.5) is 4.39 Å². The summed E-state index contributed by atoms with van der Waals surface area (Å²) >= 11 is 6.40. The third kappa shape index (κ3) is 3.71. The molecule has 0 bridgehead atoms. The van der Waals surface area contributed by atoms with Crippen LogP contribution in [0.3, 0.4) is 0 Å². The van der Waals surface area contributed by atoms with Gasteiger partial charge in [0.2, 0.25) is 0 Å². The lowest BCUT2D eigenvalue weighted by Crippen LogP contribution is -2.39. The van der Waals surface area contributed by atoms with E-state index >= 15 is 0 Å². The second-order valence-corrected chi connectivity index (χ2v) is 10.2. The lowest BCUT2D eigenvalue weighted by Gasteiger charge is -2.20. The standard InChI is InChI=1S/C18H14FNO4S3/c19-12-3-1-2-11(8-12)15-5-4-14(24-15)9-16-17(21)20(18(25)26-16)13-6-7-27(22,23)10-13/h1-5,8-9,13H,6-7,10H2/b16-9+/t13-/m0/s1. The molecule has 1 amide bonds. The molecule has 4 rings (SSSR count). The fourth-order valence-corrected chi connectivity index (χ4v) is 6.21. The molecule has 2 aliphatic rings. The van der Waals surface area contributed by atoms with E-state index < -0.39 is 15.9 Å². The number of furan rings is 1. The third-order valence-electron chi connectivity index (χ3n) is 4.41. The van der Waals surface area contributed by atoms with Crippen molar-refractivity contribution in [2.45, 2.75) is 12.5 Å². The van der Waals surface area contributed by atoms with Gasteiger partial charge in [0.1, 0.15) is 21.7 Å². The molecule has 140 valence electrons. The summed E-state index contributed by atoms with van der Waals surface area (Å²) in [4.78, 5) is 14.5. The zero-order chi connectivity index (χ0) is 19.2. The molecule has 0 N–H and O–H groups in total. The van der Waals surface area contributed by atoms with E-state index in [1.807, 2.05) is 0 Å². The van der Waals surface area contributed by atoms with Gasteiger partial charge < -0.3 is 4.42 Å². The van der Waals surface area contributed by atoms with Gasteiger partial charge in [-0.15, -0.1) is 0 Å². The zero-order valence-corrected chi connectivity index (χ0v) is 16.4. The number of thioether (sulfide) groups is 1. The van der Waals surface area contributed by atoms with Crippen LogP contribution >= 0.6 is 24.0 Å². The Hall–Kier alpha value is -1.97. The van der Waals surface area contributed by atoms with Gasteiger partial charge in [-0.05, 0) is 30.7 Å². The summed E-state index contributed by atoms with van der Waals surface area (Å²) in [5.74, 6) is 0.265. The maximum Gasteiger partial charge on any atom is 0.266 e. The highest BCUT2D eigenvalue weighted by molar-refractivity contribution is 8.26. The molecule has 5 nitrogen and oxygen atoms in total. The summed E-state index contributed by atoms with van der Waals surface area (Å²) in [6.07, 6.45) is 1.97. The van der Waals surface area contributed by atoms with Crippen molar-refractivity contribution < 1.29 is 22.0 Å². The maximum absolute atomic E-state index is 13.4. The third-order valence-corrected chi connectivity index (χ3v) is 7.49. The average Bonchev–Trinajstić information content (AvgIpc) is 3.27. The van der Waals surface area contributed by atoms with E-state index in [9.17, 15) is 17.6 Å². The van der Waals surface area contributed by atoms with Crippen molar-refractivity contribution in [3.63, 3.8) is 0 Å². The van der Waals surface area contributed by atoms with E-state index in [-0.39, 0.29) is 23.2 Å². The Balaban J connectivity index is 1.57. The van der Waals surface area contributed by atoms with Crippen molar-refractivity contribution in [2.75, 3.05) is 11.5 Å². The molecule has 0 saturated carbocycles. The predicted molar refractivity (Wildman–Crippen MR) is 106 cm³/mol. The second-order valence-electron chi connectivity index (χ2n) is 6.32. The summed E-state index contributed by atoms with van der Waals surface area (Å²) in [6.45, 7) is 0. The number of hydrogen-bond donors (Lipinski definition) is 0. The Kier molecular flexibility index (Phi) is 4.69. The normalized spacial score (nSPS) is 23.5. The van der Waals surface area contributed by atoms with Gasteiger partial charge in [-0.1, -0.05) is 36.1 Å². The number of thiocarbonyl (C=S) groups is 1. The summed E-state index contributed by atoms with van der Waals surface area (Å²) < 4.78 is 42.8. The van der Waals surface area contributed by atoms with E-state index in [0.717, 1.165) is 11.8 Å². The van der Waals surface area contributed by atoms with E-state index in [1.165, 1.54) is 17.0 Å². The van der Waals surface area contributed by atoms with Gasteiger partial charge in [0, 0.05) is 11.6 Å². The minimum atomic E-state index is -3.12. The SMILES string of the molecule is O=C1/C(=C\c2ccc(-c3cccc(F)c3)o2)SC(=S)N1[C@H]1CCS(=O)(=O)C1. The first-order valence-corrected chi connectivity index (χ1v) is 11.2. The molecule has 2 aromatic rings. The van der Waals surface area contributed by atoms with Crippen molar-refractivity contribution in [1.29, 1.82) is 0 Å². The molecule has 3 heterocycles. The summed E-state index contributed by atoms with van der Waals surface area (Å²) in [5, 5.41) is 0. The minimum absolute atomic E-state index is 0.0583. The Morgan fingerprint density at radius 3 is 2.81 bits per heavy atom. The van der Waals surface area contributed by atoms with Crippen LogP contribution in [0.2, 0.25) is 0 Å². The lowest BCUT2D eigenvalue weighted by molar-refractivity contribution is -0.123. The van der Waals surface area contributed by atoms with Crippen LogP contribution in [0.5, 0.6) is 0 Å². The molecule has 0 aliphatic carbocycles. The molecule has 27 heavy (non-hydrogen) atoms. The number of nitrogens with zero attached hydrogens (tertiary/aromatic N) is 1. The number of halogens is 1. The molecule has 0 radical (unpaired) electrons. The van der Waals surface area contributed by atoms with Crippen LogP contribution in [0, 0.1) is 5.82 Å². The first-order chi connectivity index (χ1) is 12.8. The smallest absolute Gasteiger partial charge is 0.266 e. The quantitative estimate of drug-likeness (QED) is 0.556. The first kappa shape index (κ1) is 18.4. The Morgan fingerprint density at radius 2 is 2.11 bits per heavy atom. The first-order valence-electron chi connectivity index (χ1n) is 8.16. The van der Waals surface area contributed by atoms with Gasteiger partial charge in [-0.2, -0.15) is 0 Å². The second kappa shape index (κ2) is 6.88. The van der Waals surface area contributed by atoms with Gasteiger partial charge in [-0.25, -0.2) is 12.8 Å². The fraction of sp³-hybridized carbons (Fsp3) is 0.222. The van der Waals surface area contributed by atoms with Crippen LogP contribution in [0.1, 0.15) is 12.2 Å². The van der Waals surface area contributed by atoms with E-state index in [0.29, 0.717) is 32.7 Å². The minimum Gasteiger partial charge on any atom is -0.457 e. The Labute approximate surface area is 165 Å². The molecule has 0 unspecified atom stereocenters. The van der Waals surface area contributed by atoms with Crippen molar-refractivity contribution in [3.8, 4) is 11.3 Å². The van der Waals surface area contributed by atoms with Gasteiger partial charge in [0.25, 0.3) is 5.91 Å². The molecular formula is C18H14FNO4S3. The van der Waals surface area contributed by atoms with E-state index in [2.05, 4.69) is 0 Å². The number of benzene rings is 1. The molecule has 1 atom stereocenters. The van der Waals surface area contributed by atoms with Crippen molar-refractivity contribution in [1.82, 2.24) is 4.90 Å². The van der Waals surface area contributed by atoms with E-state index in [1.54, 1.807) is 30.3 Å². The highest BCUT2D eigenvalue weighted by Crippen LogP contribution is 2.36. The molecule has 2 saturated heterocycles. The van der Waals surface area contributed by atoms with Crippen LogP contribution in [-0.2, 0) is 14.6 Å². The van der Waals surface area contributed by atoms with Gasteiger partial charge in [0.15, 0.2) is 9.84 Å². The van der Waals surface area contributed by atoms with Crippen LogP contribution in [0.25, 0.3) is 17.4 Å². The van der Waals surface area contributed by atoms with Gasteiger partial charge >= 0.3 is 0 Å². The molecular weight excluding hydrogens is 409 g/mol. The summed E-state index contributed by atoms with van der Waals surface area (Å²) in [5.41, 5.74) is 0.596. The molecule has 9 heteroatoms. The maximum atomic E-state index is 13.4. The monoisotopic (exact) mass is 423 g/mol. The van der Waals surface area contributed by atoms with Crippen molar-refractivity contribution in [3.05, 3.63) is 52.9 Å². The largest absolute Gasteiger partial charge is 0.457 e. The van der Waals surface area contributed by atoms with Gasteiger partial charge in [-0.3, -0.25) is 9.69 Å². The fourth-order valence-electron chi connectivity index (χ4n) is 3.13.